The van der Waals surface area contributed by atoms with Crippen molar-refractivity contribution in [1.29, 1.82) is 0 Å². The van der Waals surface area contributed by atoms with E-state index in [1.165, 1.54) is 6.07 Å². The van der Waals surface area contributed by atoms with E-state index in [2.05, 4.69) is 30.4 Å². The largest absolute Gasteiger partial charge is 0.357 e. The predicted octanol–water partition coefficient (Wildman–Crippen LogP) is 2.47. The van der Waals surface area contributed by atoms with Crippen molar-refractivity contribution in [2.45, 2.75) is 32.1 Å². The van der Waals surface area contributed by atoms with E-state index >= 15 is 0 Å². The molecule has 2 N–H and O–H groups in total. The summed E-state index contributed by atoms with van der Waals surface area (Å²) in [5.41, 5.74) is 0.355. The van der Waals surface area contributed by atoms with Crippen LogP contribution in [0.5, 0.6) is 0 Å². The van der Waals surface area contributed by atoms with Crippen LogP contribution in [-0.2, 0) is 6.42 Å². The molecule has 0 unspecified atom stereocenters. The fraction of sp³-hybridized carbons (Fsp3) is 0.500. The molecule has 140 valence electrons. The van der Waals surface area contributed by atoms with Crippen molar-refractivity contribution in [2.75, 3.05) is 26.2 Å². The van der Waals surface area contributed by atoms with Crippen LogP contribution in [0.1, 0.15) is 37.1 Å². The number of halogens is 2. The first-order valence-electron chi connectivity index (χ1n) is 8.99. The molecule has 2 heterocycles. The first-order chi connectivity index (χ1) is 12.7. The van der Waals surface area contributed by atoms with Gasteiger partial charge in [-0.2, -0.15) is 5.10 Å². The van der Waals surface area contributed by atoms with Gasteiger partial charge in [-0.3, -0.25) is 10.1 Å². The fourth-order valence-electron chi connectivity index (χ4n) is 3.22. The molecule has 1 aromatic heterocycles. The molecule has 1 aromatic carbocycles. The Kier molecular flexibility index (Phi) is 6.14. The lowest BCUT2D eigenvalue weighted by molar-refractivity contribution is 0.299. The summed E-state index contributed by atoms with van der Waals surface area (Å²) < 4.78 is 27.0. The smallest absolute Gasteiger partial charge is 0.193 e. The third kappa shape index (κ3) is 4.56. The molecule has 3 rings (SSSR count). The number of hydrogen-bond acceptors (Lipinski definition) is 3. The standard InChI is InChI=1S/C18H24F2N6/c1-2-21-18(22-8-5-14-11-15(19)3-4-16(14)20)26-9-6-13(7-10-26)17-23-12-24-25-17/h3-4,11-13H,2,5-10H2,1H3,(H,21,22)(H,23,24,25). The number of guanidine groups is 1. The maximum atomic E-state index is 13.7. The maximum absolute atomic E-state index is 13.7. The van der Waals surface area contributed by atoms with Gasteiger partial charge in [-0.15, -0.1) is 0 Å². The van der Waals surface area contributed by atoms with Gasteiger partial charge in [0.05, 0.1) is 0 Å². The zero-order chi connectivity index (χ0) is 18.4. The summed E-state index contributed by atoms with van der Waals surface area (Å²) in [5, 5.41) is 10.2. The molecule has 26 heavy (non-hydrogen) atoms. The molecule has 0 spiro atoms. The zero-order valence-corrected chi connectivity index (χ0v) is 14.9. The van der Waals surface area contributed by atoms with Gasteiger partial charge in [-0.25, -0.2) is 13.8 Å². The molecule has 2 aromatic rings. The molecule has 8 heteroatoms. The van der Waals surface area contributed by atoms with Gasteiger partial charge in [0.1, 0.15) is 23.8 Å². The van der Waals surface area contributed by atoms with E-state index in [9.17, 15) is 8.78 Å². The average molecular weight is 362 g/mol. The normalized spacial score (nSPS) is 16.1. The Hall–Kier alpha value is -2.51. The molecule has 0 radical (unpaired) electrons. The van der Waals surface area contributed by atoms with E-state index < -0.39 is 5.82 Å². The minimum absolute atomic E-state index is 0.355. The number of nitrogens with zero attached hydrogens (tertiary/aromatic N) is 4. The number of nitrogens with one attached hydrogen (secondary N) is 2. The maximum Gasteiger partial charge on any atom is 0.193 e. The van der Waals surface area contributed by atoms with E-state index in [-0.39, 0.29) is 5.82 Å². The Morgan fingerprint density at radius 1 is 1.35 bits per heavy atom. The van der Waals surface area contributed by atoms with Crippen molar-refractivity contribution in [1.82, 2.24) is 25.4 Å². The Bertz CT molecular complexity index is 723. The Labute approximate surface area is 151 Å². The van der Waals surface area contributed by atoms with E-state index in [4.69, 9.17) is 0 Å². The first kappa shape index (κ1) is 18.3. The number of aromatic nitrogens is 3. The van der Waals surface area contributed by atoms with Gasteiger partial charge >= 0.3 is 0 Å². The summed E-state index contributed by atoms with van der Waals surface area (Å²) in [6.45, 7) is 4.92. The summed E-state index contributed by atoms with van der Waals surface area (Å²) >= 11 is 0. The third-order valence-corrected chi connectivity index (χ3v) is 4.60. The van der Waals surface area contributed by atoms with Crippen molar-refractivity contribution >= 4 is 5.96 Å². The highest BCUT2D eigenvalue weighted by Gasteiger charge is 2.24. The van der Waals surface area contributed by atoms with Crippen LogP contribution < -0.4 is 5.32 Å². The molecular weight excluding hydrogens is 338 g/mol. The molecule has 1 saturated heterocycles. The highest BCUT2D eigenvalue weighted by molar-refractivity contribution is 5.80. The Morgan fingerprint density at radius 2 is 2.15 bits per heavy atom. The lowest BCUT2D eigenvalue weighted by Crippen LogP contribution is -2.45. The topological polar surface area (TPSA) is 69.2 Å². The molecule has 0 amide bonds. The number of likely N-dealkylation sites (tertiary alicyclic amines) is 1. The second-order valence-electron chi connectivity index (χ2n) is 6.35. The average Bonchev–Trinajstić information content (AvgIpc) is 3.19. The summed E-state index contributed by atoms with van der Waals surface area (Å²) in [6, 6.07) is 3.53. The molecule has 0 atom stereocenters. The number of piperidine rings is 1. The molecule has 1 fully saturated rings. The second kappa shape index (κ2) is 8.73. The summed E-state index contributed by atoms with van der Waals surface area (Å²) in [5.74, 6) is 1.33. The van der Waals surface area contributed by atoms with Crippen LogP contribution in [0.15, 0.2) is 29.5 Å². The van der Waals surface area contributed by atoms with Crippen LogP contribution in [0, 0.1) is 11.6 Å². The van der Waals surface area contributed by atoms with Crippen molar-refractivity contribution < 1.29 is 8.78 Å². The minimum Gasteiger partial charge on any atom is -0.357 e. The number of benzene rings is 1. The van der Waals surface area contributed by atoms with Crippen molar-refractivity contribution in [3.05, 3.63) is 47.5 Å². The fourth-order valence-corrected chi connectivity index (χ4v) is 3.22. The zero-order valence-electron chi connectivity index (χ0n) is 14.9. The first-order valence-corrected chi connectivity index (χ1v) is 8.99. The lowest BCUT2D eigenvalue weighted by Gasteiger charge is -2.33. The van der Waals surface area contributed by atoms with Crippen molar-refractivity contribution in [3.63, 3.8) is 0 Å². The van der Waals surface area contributed by atoms with Crippen LogP contribution >= 0.6 is 0 Å². The molecule has 0 saturated carbocycles. The molecule has 0 aliphatic carbocycles. The molecular formula is C18H24F2N6. The number of aliphatic imine (C=N–C) groups is 1. The van der Waals surface area contributed by atoms with Crippen LogP contribution in [0.25, 0.3) is 0 Å². The molecule has 6 nitrogen and oxygen atoms in total. The van der Waals surface area contributed by atoms with Gasteiger partial charge in [0.25, 0.3) is 0 Å². The number of rotatable bonds is 5. The minimum atomic E-state index is -0.424. The quantitative estimate of drug-likeness (QED) is 0.633. The molecule has 1 aliphatic rings. The van der Waals surface area contributed by atoms with Crippen LogP contribution in [0.2, 0.25) is 0 Å². The highest BCUT2D eigenvalue weighted by Crippen LogP contribution is 2.24. The van der Waals surface area contributed by atoms with E-state index in [0.717, 1.165) is 56.4 Å². The molecule has 0 bridgehead atoms. The van der Waals surface area contributed by atoms with E-state index in [1.807, 2.05) is 6.92 Å². The lowest BCUT2D eigenvalue weighted by atomic mass is 9.96. The van der Waals surface area contributed by atoms with Gasteiger partial charge in [-0.1, -0.05) is 0 Å². The van der Waals surface area contributed by atoms with Crippen molar-refractivity contribution in [2.24, 2.45) is 4.99 Å². The van der Waals surface area contributed by atoms with E-state index in [0.29, 0.717) is 24.4 Å². The van der Waals surface area contributed by atoms with Gasteiger partial charge in [0, 0.05) is 32.1 Å². The van der Waals surface area contributed by atoms with Gasteiger partial charge in [0.2, 0.25) is 0 Å². The highest BCUT2D eigenvalue weighted by atomic mass is 19.1. The van der Waals surface area contributed by atoms with Crippen LogP contribution in [-0.4, -0.2) is 52.2 Å². The predicted molar refractivity (Wildman–Crippen MR) is 96.0 cm³/mol. The molecule has 1 aliphatic heterocycles. The van der Waals surface area contributed by atoms with Crippen molar-refractivity contribution in [3.8, 4) is 0 Å². The van der Waals surface area contributed by atoms with Gasteiger partial charge in [0.15, 0.2) is 5.96 Å². The third-order valence-electron chi connectivity index (χ3n) is 4.60. The SMILES string of the molecule is CCNC(=NCCc1cc(F)ccc1F)N1CCC(c2ncn[nH]2)CC1. The second-order valence-corrected chi connectivity index (χ2v) is 6.35. The summed E-state index contributed by atoms with van der Waals surface area (Å²) in [6.07, 6.45) is 3.85. The Morgan fingerprint density at radius 3 is 2.85 bits per heavy atom. The summed E-state index contributed by atoms with van der Waals surface area (Å²) in [4.78, 5) is 11.1. The number of hydrogen-bond donors (Lipinski definition) is 2. The van der Waals surface area contributed by atoms with E-state index in [1.54, 1.807) is 6.33 Å². The number of aromatic amines is 1. The van der Waals surface area contributed by atoms with Gasteiger partial charge in [-0.05, 0) is 49.9 Å². The van der Waals surface area contributed by atoms with Crippen LogP contribution in [0.3, 0.4) is 0 Å². The monoisotopic (exact) mass is 362 g/mol. The van der Waals surface area contributed by atoms with Crippen LogP contribution in [0.4, 0.5) is 8.78 Å². The Balaban J connectivity index is 1.58. The van der Waals surface area contributed by atoms with Gasteiger partial charge < -0.3 is 10.2 Å². The number of H-pyrrole nitrogens is 1. The summed E-state index contributed by atoms with van der Waals surface area (Å²) in [7, 11) is 0.